The molecule has 0 rings (SSSR count). The monoisotopic (exact) mass is 245 g/mol. The maximum Gasteiger partial charge on any atom is 0.312 e. The molecule has 0 heterocycles. The fraction of sp³-hybridized carbons (Fsp3) is 0.833. The van der Waals surface area contributed by atoms with Crippen molar-refractivity contribution in [1.82, 2.24) is 10.6 Å². The highest BCUT2D eigenvalue weighted by atomic mass is 16.2. The summed E-state index contributed by atoms with van der Waals surface area (Å²) in [6.45, 7) is 12.7. The highest BCUT2D eigenvalue weighted by molar-refractivity contribution is 5.79. The van der Waals surface area contributed by atoms with Crippen molar-refractivity contribution in [3.63, 3.8) is 0 Å². The summed E-state index contributed by atoms with van der Waals surface area (Å²) in [5.41, 5.74) is 4.82. The first-order valence-corrected chi connectivity index (χ1v) is 6.06. The number of nitrogens with two attached hydrogens (primary N) is 1. The lowest BCUT2D eigenvalue weighted by atomic mass is 9.81. The first kappa shape index (κ1) is 18.1. The van der Waals surface area contributed by atoms with Crippen LogP contribution in [0.3, 0.4) is 0 Å². The maximum atomic E-state index is 11.6. The van der Waals surface area contributed by atoms with Crippen molar-refractivity contribution >= 4 is 11.9 Å². The molecule has 0 aromatic heterocycles. The van der Waals surface area contributed by atoms with Crippen LogP contribution in [0, 0.1) is 11.3 Å². The van der Waals surface area contributed by atoms with Gasteiger partial charge >= 0.3 is 6.03 Å². The Morgan fingerprint density at radius 1 is 1.12 bits per heavy atom. The third-order valence-electron chi connectivity index (χ3n) is 2.42. The van der Waals surface area contributed by atoms with Crippen molar-refractivity contribution in [3.8, 4) is 0 Å². The second-order valence-electron chi connectivity index (χ2n) is 4.67. The van der Waals surface area contributed by atoms with E-state index in [2.05, 4.69) is 10.6 Å². The van der Waals surface area contributed by atoms with E-state index < -0.39 is 6.03 Å². The first-order chi connectivity index (χ1) is 7.75. The lowest BCUT2D eigenvalue weighted by molar-refractivity contribution is -0.127. The Kier molecular flexibility index (Phi) is 9.42. The normalized spacial score (nSPS) is 11.9. The standard InChI is InChI=1S/C10H21N3O2.C2H6/c1-7(10(2,3)4)8(14)12-5-6-13-9(11)15;1-2/h7H,5-6H2,1-4H3,(H,12,14)(H3,11,13,15);1-2H3. The third kappa shape index (κ3) is 9.66. The van der Waals surface area contributed by atoms with E-state index in [4.69, 9.17) is 5.73 Å². The molecule has 4 N–H and O–H groups in total. The van der Waals surface area contributed by atoms with Crippen LogP contribution in [0.2, 0.25) is 0 Å². The lowest BCUT2D eigenvalue weighted by Crippen LogP contribution is -2.41. The van der Waals surface area contributed by atoms with Gasteiger partial charge in [0.25, 0.3) is 0 Å². The molecular weight excluding hydrogens is 218 g/mol. The molecule has 0 spiro atoms. The van der Waals surface area contributed by atoms with E-state index in [9.17, 15) is 9.59 Å². The largest absolute Gasteiger partial charge is 0.354 e. The summed E-state index contributed by atoms with van der Waals surface area (Å²) in [5.74, 6) is -0.0696. The SMILES string of the molecule is CC.CC(C(=O)NCCNC(N)=O)C(C)(C)C. The highest BCUT2D eigenvalue weighted by Gasteiger charge is 2.26. The maximum absolute atomic E-state index is 11.6. The van der Waals surface area contributed by atoms with E-state index >= 15 is 0 Å². The number of hydrogen-bond donors (Lipinski definition) is 3. The second-order valence-corrected chi connectivity index (χ2v) is 4.67. The van der Waals surface area contributed by atoms with Crippen LogP contribution in [0.25, 0.3) is 0 Å². The number of rotatable bonds is 4. The molecule has 0 saturated heterocycles. The summed E-state index contributed by atoms with van der Waals surface area (Å²) < 4.78 is 0. The molecule has 102 valence electrons. The molecule has 0 fully saturated rings. The molecule has 1 unspecified atom stereocenters. The van der Waals surface area contributed by atoms with E-state index in [1.807, 2.05) is 41.5 Å². The van der Waals surface area contributed by atoms with Crippen molar-refractivity contribution < 1.29 is 9.59 Å². The van der Waals surface area contributed by atoms with Crippen LogP contribution in [-0.2, 0) is 4.79 Å². The van der Waals surface area contributed by atoms with Crippen LogP contribution >= 0.6 is 0 Å². The molecule has 5 nitrogen and oxygen atoms in total. The van der Waals surface area contributed by atoms with Gasteiger partial charge in [-0.3, -0.25) is 4.79 Å². The Morgan fingerprint density at radius 2 is 1.53 bits per heavy atom. The van der Waals surface area contributed by atoms with Gasteiger partial charge in [0.15, 0.2) is 0 Å². The number of amides is 3. The Morgan fingerprint density at radius 3 is 1.88 bits per heavy atom. The number of carbonyl (C=O) groups excluding carboxylic acids is 2. The zero-order valence-electron chi connectivity index (χ0n) is 11.9. The Labute approximate surface area is 105 Å². The van der Waals surface area contributed by atoms with Crippen molar-refractivity contribution in [2.24, 2.45) is 17.1 Å². The summed E-state index contributed by atoms with van der Waals surface area (Å²) in [7, 11) is 0. The zero-order chi connectivity index (χ0) is 14.1. The van der Waals surface area contributed by atoms with Gasteiger partial charge in [-0.15, -0.1) is 0 Å². The van der Waals surface area contributed by atoms with Gasteiger partial charge in [0, 0.05) is 19.0 Å². The number of urea groups is 1. The quantitative estimate of drug-likeness (QED) is 0.655. The number of carbonyl (C=O) groups is 2. The fourth-order valence-electron chi connectivity index (χ4n) is 0.918. The number of hydrogen-bond acceptors (Lipinski definition) is 2. The van der Waals surface area contributed by atoms with Crippen LogP contribution < -0.4 is 16.4 Å². The van der Waals surface area contributed by atoms with Crippen LogP contribution in [0.5, 0.6) is 0 Å². The number of primary amides is 1. The highest BCUT2D eigenvalue weighted by Crippen LogP contribution is 2.24. The molecule has 0 aliphatic carbocycles. The Bertz CT molecular complexity index is 234. The van der Waals surface area contributed by atoms with Crippen molar-refractivity contribution in [3.05, 3.63) is 0 Å². The summed E-state index contributed by atoms with van der Waals surface area (Å²) in [6.07, 6.45) is 0. The minimum atomic E-state index is -0.576. The van der Waals surface area contributed by atoms with Crippen LogP contribution in [-0.4, -0.2) is 25.0 Å². The Balaban J connectivity index is 0. The van der Waals surface area contributed by atoms with Crippen LogP contribution in [0.1, 0.15) is 41.5 Å². The minimum Gasteiger partial charge on any atom is -0.354 e. The van der Waals surface area contributed by atoms with Gasteiger partial charge in [0.05, 0.1) is 0 Å². The van der Waals surface area contributed by atoms with Crippen molar-refractivity contribution in [2.45, 2.75) is 41.5 Å². The molecule has 0 aliphatic rings. The second kappa shape index (κ2) is 8.84. The number of nitrogens with one attached hydrogen (secondary N) is 2. The molecule has 17 heavy (non-hydrogen) atoms. The van der Waals surface area contributed by atoms with Gasteiger partial charge in [-0.05, 0) is 5.41 Å². The topological polar surface area (TPSA) is 84.2 Å². The van der Waals surface area contributed by atoms with Crippen LogP contribution in [0.15, 0.2) is 0 Å². The molecule has 0 aliphatic heterocycles. The molecule has 0 radical (unpaired) electrons. The fourth-order valence-corrected chi connectivity index (χ4v) is 0.918. The van der Waals surface area contributed by atoms with Crippen LogP contribution in [0.4, 0.5) is 4.79 Å². The minimum absolute atomic E-state index is 0.00577. The predicted molar refractivity (Wildman–Crippen MR) is 70.6 cm³/mol. The molecule has 0 bridgehead atoms. The van der Waals surface area contributed by atoms with E-state index in [-0.39, 0.29) is 17.2 Å². The van der Waals surface area contributed by atoms with Gasteiger partial charge in [-0.2, -0.15) is 0 Å². The molecule has 3 amide bonds. The summed E-state index contributed by atoms with van der Waals surface area (Å²) in [4.78, 5) is 21.9. The molecule has 0 saturated carbocycles. The first-order valence-electron chi connectivity index (χ1n) is 6.06. The summed E-state index contributed by atoms with van der Waals surface area (Å²) in [6, 6.07) is -0.576. The average molecular weight is 245 g/mol. The summed E-state index contributed by atoms with van der Waals surface area (Å²) >= 11 is 0. The average Bonchev–Trinajstić information content (AvgIpc) is 2.24. The predicted octanol–water partition coefficient (Wildman–Crippen LogP) is 1.48. The molecule has 0 aromatic carbocycles. The van der Waals surface area contributed by atoms with E-state index in [0.29, 0.717) is 13.1 Å². The van der Waals surface area contributed by atoms with Gasteiger partial charge in [-0.25, -0.2) is 4.79 Å². The molecule has 5 heteroatoms. The van der Waals surface area contributed by atoms with Gasteiger partial charge in [0.1, 0.15) is 0 Å². The van der Waals surface area contributed by atoms with E-state index in [0.717, 1.165) is 0 Å². The van der Waals surface area contributed by atoms with Crippen molar-refractivity contribution in [2.75, 3.05) is 13.1 Å². The summed E-state index contributed by atoms with van der Waals surface area (Å²) in [5, 5.41) is 5.14. The van der Waals surface area contributed by atoms with Gasteiger partial charge < -0.3 is 16.4 Å². The van der Waals surface area contributed by atoms with Crippen molar-refractivity contribution in [1.29, 1.82) is 0 Å². The Hall–Kier alpha value is -1.26. The smallest absolute Gasteiger partial charge is 0.312 e. The molecule has 0 aromatic rings. The molecule has 1 atom stereocenters. The van der Waals surface area contributed by atoms with Gasteiger partial charge in [-0.1, -0.05) is 41.5 Å². The molecular formula is C12H27N3O2. The van der Waals surface area contributed by atoms with E-state index in [1.54, 1.807) is 0 Å². The third-order valence-corrected chi connectivity index (χ3v) is 2.42. The lowest BCUT2D eigenvalue weighted by Gasteiger charge is -2.26. The van der Waals surface area contributed by atoms with E-state index in [1.165, 1.54) is 0 Å². The zero-order valence-corrected chi connectivity index (χ0v) is 11.9. The van der Waals surface area contributed by atoms with Gasteiger partial charge in [0.2, 0.25) is 5.91 Å².